The van der Waals surface area contributed by atoms with Crippen LogP contribution in [0.2, 0.25) is 0 Å². The first-order valence-corrected chi connectivity index (χ1v) is 5.04. The van der Waals surface area contributed by atoms with Crippen LogP contribution in [0.5, 0.6) is 11.5 Å². The molecule has 1 aliphatic rings. The van der Waals surface area contributed by atoms with Crippen LogP contribution in [0, 0.1) is 0 Å². The molecule has 0 saturated heterocycles. The number of benzene rings is 1. The van der Waals surface area contributed by atoms with Crippen LogP contribution in [0.4, 0.5) is 0 Å². The molecule has 1 aromatic rings. The van der Waals surface area contributed by atoms with Gasteiger partial charge in [-0.05, 0) is 19.1 Å². The summed E-state index contributed by atoms with van der Waals surface area (Å²) in [6.07, 6.45) is 0. The molecule has 1 heterocycles. The van der Waals surface area contributed by atoms with E-state index in [-0.39, 0.29) is 12.8 Å². The molecule has 0 spiro atoms. The standard InChI is InChI=1S/C11H15NO3/c1-2-13-7-15-8-3-4-9-10(12)6-14-11(9)5-8/h3-5,10H,2,6-7,12H2,1H3. The van der Waals surface area contributed by atoms with Gasteiger partial charge in [0.05, 0.1) is 6.04 Å². The third kappa shape index (κ3) is 2.22. The summed E-state index contributed by atoms with van der Waals surface area (Å²) < 4.78 is 15.9. The average Bonchev–Trinajstić information content (AvgIpc) is 2.61. The Hall–Kier alpha value is -1.26. The smallest absolute Gasteiger partial charge is 0.189 e. The minimum atomic E-state index is -0.0130. The SMILES string of the molecule is CCOCOc1ccc2c(c1)OCC2N. The molecule has 15 heavy (non-hydrogen) atoms. The third-order valence-corrected chi connectivity index (χ3v) is 2.32. The van der Waals surface area contributed by atoms with E-state index < -0.39 is 0 Å². The van der Waals surface area contributed by atoms with Crippen molar-refractivity contribution in [2.45, 2.75) is 13.0 Å². The number of hydrogen-bond donors (Lipinski definition) is 1. The van der Waals surface area contributed by atoms with Crippen molar-refractivity contribution < 1.29 is 14.2 Å². The molecule has 4 heteroatoms. The van der Waals surface area contributed by atoms with Crippen LogP contribution in [-0.4, -0.2) is 20.0 Å². The number of nitrogens with two attached hydrogens (primary N) is 1. The van der Waals surface area contributed by atoms with Crippen LogP contribution >= 0.6 is 0 Å². The van der Waals surface area contributed by atoms with Crippen LogP contribution in [-0.2, 0) is 4.74 Å². The molecule has 0 aromatic heterocycles. The Kier molecular flexibility index (Phi) is 3.08. The zero-order chi connectivity index (χ0) is 10.7. The van der Waals surface area contributed by atoms with Gasteiger partial charge in [-0.15, -0.1) is 0 Å². The molecular weight excluding hydrogens is 194 g/mol. The highest BCUT2D eigenvalue weighted by atomic mass is 16.7. The number of fused-ring (bicyclic) bond motifs is 1. The molecule has 2 rings (SSSR count). The van der Waals surface area contributed by atoms with E-state index in [2.05, 4.69) is 0 Å². The Morgan fingerprint density at radius 1 is 1.53 bits per heavy atom. The molecule has 1 unspecified atom stereocenters. The molecule has 1 aliphatic heterocycles. The molecular formula is C11H15NO3. The quantitative estimate of drug-likeness (QED) is 0.602. The van der Waals surface area contributed by atoms with Gasteiger partial charge in [0.2, 0.25) is 0 Å². The van der Waals surface area contributed by atoms with Crippen LogP contribution in [0.3, 0.4) is 0 Å². The van der Waals surface area contributed by atoms with Gasteiger partial charge in [0.15, 0.2) is 6.79 Å². The van der Waals surface area contributed by atoms with Gasteiger partial charge in [0.25, 0.3) is 0 Å². The van der Waals surface area contributed by atoms with Crippen molar-refractivity contribution in [1.29, 1.82) is 0 Å². The van der Waals surface area contributed by atoms with Crippen molar-refractivity contribution in [3.8, 4) is 11.5 Å². The largest absolute Gasteiger partial charge is 0.491 e. The Labute approximate surface area is 88.9 Å². The van der Waals surface area contributed by atoms with E-state index in [1.54, 1.807) is 0 Å². The van der Waals surface area contributed by atoms with E-state index in [9.17, 15) is 0 Å². The molecule has 82 valence electrons. The maximum atomic E-state index is 5.83. The summed E-state index contributed by atoms with van der Waals surface area (Å²) in [5.41, 5.74) is 6.87. The summed E-state index contributed by atoms with van der Waals surface area (Å²) >= 11 is 0. The van der Waals surface area contributed by atoms with E-state index in [1.165, 1.54) is 0 Å². The van der Waals surface area contributed by atoms with Crippen molar-refractivity contribution in [2.24, 2.45) is 5.73 Å². The molecule has 0 radical (unpaired) electrons. The highest BCUT2D eigenvalue weighted by molar-refractivity contribution is 5.44. The van der Waals surface area contributed by atoms with Gasteiger partial charge in [-0.3, -0.25) is 0 Å². The summed E-state index contributed by atoms with van der Waals surface area (Å²) in [6.45, 7) is 3.38. The van der Waals surface area contributed by atoms with E-state index in [0.717, 1.165) is 17.1 Å². The first kappa shape index (κ1) is 10.3. The van der Waals surface area contributed by atoms with Crippen molar-refractivity contribution in [3.63, 3.8) is 0 Å². The number of ether oxygens (including phenoxy) is 3. The van der Waals surface area contributed by atoms with Gasteiger partial charge in [-0.2, -0.15) is 0 Å². The Morgan fingerprint density at radius 2 is 2.40 bits per heavy atom. The first-order valence-electron chi connectivity index (χ1n) is 5.04. The molecule has 0 saturated carbocycles. The second kappa shape index (κ2) is 4.51. The monoisotopic (exact) mass is 209 g/mol. The van der Waals surface area contributed by atoms with Crippen molar-refractivity contribution in [2.75, 3.05) is 20.0 Å². The third-order valence-electron chi connectivity index (χ3n) is 2.32. The van der Waals surface area contributed by atoms with Gasteiger partial charge < -0.3 is 19.9 Å². The van der Waals surface area contributed by atoms with E-state index >= 15 is 0 Å². The maximum absolute atomic E-state index is 5.83. The van der Waals surface area contributed by atoms with Crippen molar-refractivity contribution in [3.05, 3.63) is 23.8 Å². The fraction of sp³-hybridized carbons (Fsp3) is 0.455. The normalized spacial score (nSPS) is 18.4. The minimum absolute atomic E-state index is 0.0130. The Morgan fingerprint density at radius 3 is 3.20 bits per heavy atom. The summed E-state index contributed by atoms with van der Waals surface area (Å²) in [5, 5.41) is 0. The second-order valence-electron chi connectivity index (χ2n) is 3.37. The zero-order valence-corrected chi connectivity index (χ0v) is 8.73. The van der Waals surface area contributed by atoms with Crippen LogP contribution in [0.25, 0.3) is 0 Å². The molecule has 1 aromatic carbocycles. The fourth-order valence-electron chi connectivity index (χ4n) is 1.50. The predicted molar refractivity (Wildman–Crippen MR) is 56.0 cm³/mol. The van der Waals surface area contributed by atoms with Gasteiger partial charge in [0, 0.05) is 18.2 Å². The summed E-state index contributed by atoms with van der Waals surface area (Å²) in [7, 11) is 0. The van der Waals surface area contributed by atoms with E-state index in [0.29, 0.717) is 13.2 Å². The lowest BCUT2D eigenvalue weighted by Crippen LogP contribution is -2.10. The lowest BCUT2D eigenvalue weighted by atomic mass is 10.1. The highest BCUT2D eigenvalue weighted by Crippen LogP contribution is 2.33. The minimum Gasteiger partial charge on any atom is -0.491 e. The van der Waals surface area contributed by atoms with Crippen LogP contribution < -0.4 is 15.2 Å². The van der Waals surface area contributed by atoms with Crippen molar-refractivity contribution >= 4 is 0 Å². The first-order chi connectivity index (χ1) is 7.31. The summed E-state index contributed by atoms with van der Waals surface area (Å²) in [6, 6.07) is 5.66. The van der Waals surface area contributed by atoms with Crippen molar-refractivity contribution in [1.82, 2.24) is 0 Å². The van der Waals surface area contributed by atoms with E-state index in [4.69, 9.17) is 19.9 Å². The van der Waals surface area contributed by atoms with Crippen LogP contribution in [0.1, 0.15) is 18.5 Å². The molecule has 1 atom stereocenters. The van der Waals surface area contributed by atoms with E-state index in [1.807, 2.05) is 25.1 Å². The molecule has 4 nitrogen and oxygen atoms in total. The highest BCUT2D eigenvalue weighted by Gasteiger charge is 2.20. The number of hydrogen-bond acceptors (Lipinski definition) is 4. The molecule has 0 bridgehead atoms. The molecule has 2 N–H and O–H groups in total. The zero-order valence-electron chi connectivity index (χ0n) is 8.73. The molecule has 0 fully saturated rings. The fourth-order valence-corrected chi connectivity index (χ4v) is 1.50. The summed E-state index contributed by atoms with van der Waals surface area (Å²) in [4.78, 5) is 0. The van der Waals surface area contributed by atoms with Gasteiger partial charge in [0.1, 0.15) is 18.1 Å². The Bertz CT molecular complexity index is 341. The van der Waals surface area contributed by atoms with Gasteiger partial charge in [-0.25, -0.2) is 0 Å². The topological polar surface area (TPSA) is 53.7 Å². The second-order valence-corrected chi connectivity index (χ2v) is 3.37. The number of rotatable bonds is 4. The van der Waals surface area contributed by atoms with Crippen LogP contribution in [0.15, 0.2) is 18.2 Å². The molecule has 0 aliphatic carbocycles. The summed E-state index contributed by atoms with van der Waals surface area (Å²) in [5.74, 6) is 1.56. The average molecular weight is 209 g/mol. The lowest BCUT2D eigenvalue weighted by Gasteiger charge is -2.07. The Balaban J connectivity index is 2.03. The maximum Gasteiger partial charge on any atom is 0.189 e. The van der Waals surface area contributed by atoms with Gasteiger partial charge >= 0.3 is 0 Å². The predicted octanol–water partition coefficient (Wildman–Crippen LogP) is 1.45. The van der Waals surface area contributed by atoms with Gasteiger partial charge in [-0.1, -0.05) is 0 Å². The lowest BCUT2D eigenvalue weighted by molar-refractivity contribution is 0.0223. The molecule has 0 amide bonds.